The van der Waals surface area contributed by atoms with Crippen molar-refractivity contribution in [3.8, 4) is 0 Å². The lowest BCUT2D eigenvalue weighted by atomic mass is 9.91. The van der Waals surface area contributed by atoms with Crippen molar-refractivity contribution in [2.24, 2.45) is 0 Å². The molecular weight excluding hydrogens is 246 g/mol. The Kier molecular flexibility index (Phi) is 4.66. The van der Waals surface area contributed by atoms with Crippen LogP contribution in [0.2, 0.25) is 0 Å². The third-order valence-electron chi connectivity index (χ3n) is 3.99. The summed E-state index contributed by atoms with van der Waals surface area (Å²) < 4.78 is 5.43. The van der Waals surface area contributed by atoms with Crippen LogP contribution in [0.3, 0.4) is 0 Å². The smallest absolute Gasteiger partial charge is 0.0484 e. The van der Waals surface area contributed by atoms with E-state index in [4.69, 9.17) is 16.3 Å². The largest absolute Gasteiger partial charge is 0.381 e. The van der Waals surface area contributed by atoms with Crippen LogP contribution in [0.1, 0.15) is 29.5 Å². The fourth-order valence-electron chi connectivity index (χ4n) is 2.52. The van der Waals surface area contributed by atoms with Crippen molar-refractivity contribution in [2.75, 3.05) is 19.1 Å². The maximum absolute atomic E-state index is 6.16. The number of ether oxygens (including phenoxy) is 1. The molecule has 0 unspecified atom stereocenters. The molecule has 1 aliphatic rings. The van der Waals surface area contributed by atoms with Gasteiger partial charge < -0.3 is 10.1 Å². The first-order valence-corrected chi connectivity index (χ1v) is 7.14. The van der Waals surface area contributed by atoms with E-state index in [-0.39, 0.29) is 5.54 Å². The Morgan fingerprint density at radius 2 is 1.83 bits per heavy atom. The van der Waals surface area contributed by atoms with E-state index >= 15 is 0 Å². The summed E-state index contributed by atoms with van der Waals surface area (Å²) in [7, 11) is 0. The third-order valence-corrected chi connectivity index (χ3v) is 4.50. The lowest BCUT2D eigenvalue weighted by molar-refractivity contribution is 0.0459. The molecule has 1 aromatic carbocycles. The molecule has 2 rings (SSSR count). The van der Waals surface area contributed by atoms with Gasteiger partial charge in [0.15, 0.2) is 0 Å². The van der Waals surface area contributed by atoms with E-state index in [0.717, 1.165) is 32.6 Å². The van der Waals surface area contributed by atoms with E-state index in [1.54, 1.807) is 0 Å². The highest BCUT2D eigenvalue weighted by atomic mass is 35.5. The SMILES string of the molecule is Cc1cccc(C)c1CNC1(CCl)CCOCC1. The van der Waals surface area contributed by atoms with Crippen LogP contribution >= 0.6 is 11.6 Å². The normalized spacial score (nSPS) is 18.8. The van der Waals surface area contributed by atoms with E-state index in [0.29, 0.717) is 5.88 Å². The van der Waals surface area contributed by atoms with Crippen LogP contribution in [0, 0.1) is 13.8 Å². The average molecular weight is 268 g/mol. The monoisotopic (exact) mass is 267 g/mol. The van der Waals surface area contributed by atoms with E-state index in [2.05, 4.69) is 37.4 Å². The molecule has 0 spiro atoms. The molecule has 1 saturated heterocycles. The maximum Gasteiger partial charge on any atom is 0.0484 e. The molecule has 0 amide bonds. The molecule has 0 atom stereocenters. The Labute approximate surface area is 115 Å². The van der Waals surface area contributed by atoms with Gasteiger partial charge in [0, 0.05) is 31.2 Å². The molecule has 0 saturated carbocycles. The second kappa shape index (κ2) is 6.05. The van der Waals surface area contributed by atoms with Crippen molar-refractivity contribution in [2.45, 2.75) is 38.8 Å². The van der Waals surface area contributed by atoms with Gasteiger partial charge >= 0.3 is 0 Å². The Bertz CT molecular complexity index is 379. The molecule has 100 valence electrons. The zero-order valence-corrected chi connectivity index (χ0v) is 12.0. The molecular formula is C15H22ClNO. The number of benzene rings is 1. The van der Waals surface area contributed by atoms with Gasteiger partial charge in [-0.05, 0) is 43.4 Å². The Balaban J connectivity index is 2.05. The van der Waals surface area contributed by atoms with Crippen LogP contribution < -0.4 is 5.32 Å². The summed E-state index contributed by atoms with van der Waals surface area (Å²) in [4.78, 5) is 0. The number of aryl methyl sites for hydroxylation is 2. The van der Waals surface area contributed by atoms with Gasteiger partial charge in [0.1, 0.15) is 0 Å². The molecule has 18 heavy (non-hydrogen) atoms. The number of alkyl halides is 1. The van der Waals surface area contributed by atoms with E-state index in [1.807, 2.05) is 0 Å². The second-order valence-electron chi connectivity index (χ2n) is 5.25. The first-order valence-electron chi connectivity index (χ1n) is 6.61. The summed E-state index contributed by atoms with van der Waals surface area (Å²) in [5, 5.41) is 3.67. The van der Waals surface area contributed by atoms with Crippen molar-refractivity contribution in [3.05, 3.63) is 34.9 Å². The first kappa shape index (κ1) is 13.9. The van der Waals surface area contributed by atoms with Crippen molar-refractivity contribution < 1.29 is 4.74 Å². The minimum absolute atomic E-state index is 0.0501. The molecule has 1 aromatic rings. The highest BCUT2D eigenvalue weighted by Gasteiger charge is 2.31. The average Bonchev–Trinajstić information content (AvgIpc) is 2.39. The van der Waals surface area contributed by atoms with Gasteiger partial charge in [0.05, 0.1) is 0 Å². The summed E-state index contributed by atoms with van der Waals surface area (Å²) in [6, 6.07) is 6.45. The molecule has 2 nitrogen and oxygen atoms in total. The molecule has 1 fully saturated rings. The minimum atomic E-state index is 0.0501. The Morgan fingerprint density at radius 1 is 1.22 bits per heavy atom. The molecule has 0 radical (unpaired) electrons. The van der Waals surface area contributed by atoms with Crippen LogP contribution in [-0.4, -0.2) is 24.6 Å². The second-order valence-corrected chi connectivity index (χ2v) is 5.52. The van der Waals surface area contributed by atoms with Gasteiger partial charge in [-0.25, -0.2) is 0 Å². The standard InChI is InChI=1S/C15H22ClNO/c1-12-4-3-5-13(2)14(12)10-17-15(11-16)6-8-18-9-7-15/h3-5,17H,6-11H2,1-2H3. The third kappa shape index (κ3) is 3.05. The predicted octanol–water partition coefficient (Wildman–Crippen LogP) is 3.18. The van der Waals surface area contributed by atoms with Gasteiger partial charge in [-0.1, -0.05) is 18.2 Å². The van der Waals surface area contributed by atoms with E-state index in [1.165, 1.54) is 16.7 Å². The lowest BCUT2D eigenvalue weighted by Crippen LogP contribution is -2.50. The quantitative estimate of drug-likeness (QED) is 0.846. The van der Waals surface area contributed by atoms with Gasteiger partial charge in [-0.2, -0.15) is 0 Å². The lowest BCUT2D eigenvalue weighted by Gasteiger charge is -2.37. The first-order chi connectivity index (χ1) is 8.67. The summed E-state index contributed by atoms with van der Waals surface area (Å²) in [6.45, 7) is 6.85. The molecule has 0 bridgehead atoms. The Hall–Kier alpha value is -0.570. The number of hydrogen-bond acceptors (Lipinski definition) is 2. The minimum Gasteiger partial charge on any atom is -0.381 e. The van der Waals surface area contributed by atoms with Crippen molar-refractivity contribution in [1.82, 2.24) is 5.32 Å². The molecule has 0 aliphatic carbocycles. The molecule has 1 N–H and O–H groups in total. The zero-order chi connectivity index (χ0) is 13.0. The van der Waals surface area contributed by atoms with Crippen molar-refractivity contribution in [3.63, 3.8) is 0 Å². The van der Waals surface area contributed by atoms with Crippen LogP contribution in [0.15, 0.2) is 18.2 Å². The summed E-state index contributed by atoms with van der Waals surface area (Å²) in [6.07, 6.45) is 2.00. The van der Waals surface area contributed by atoms with Gasteiger partial charge in [0.2, 0.25) is 0 Å². The summed E-state index contributed by atoms with van der Waals surface area (Å²) >= 11 is 6.16. The number of rotatable bonds is 4. The van der Waals surface area contributed by atoms with Crippen molar-refractivity contribution >= 4 is 11.6 Å². The number of nitrogens with one attached hydrogen (secondary N) is 1. The molecule has 1 aliphatic heterocycles. The highest BCUT2D eigenvalue weighted by Crippen LogP contribution is 2.24. The molecule has 1 heterocycles. The molecule has 3 heteroatoms. The van der Waals surface area contributed by atoms with Crippen molar-refractivity contribution in [1.29, 1.82) is 0 Å². The zero-order valence-electron chi connectivity index (χ0n) is 11.3. The molecule has 0 aromatic heterocycles. The van der Waals surface area contributed by atoms with E-state index in [9.17, 15) is 0 Å². The number of hydrogen-bond donors (Lipinski definition) is 1. The van der Waals surface area contributed by atoms with Gasteiger partial charge in [0.25, 0.3) is 0 Å². The van der Waals surface area contributed by atoms with Gasteiger partial charge in [-0.15, -0.1) is 11.6 Å². The predicted molar refractivity (Wildman–Crippen MR) is 76.3 cm³/mol. The van der Waals surface area contributed by atoms with Crippen LogP contribution in [-0.2, 0) is 11.3 Å². The summed E-state index contributed by atoms with van der Waals surface area (Å²) in [5.41, 5.74) is 4.14. The van der Waals surface area contributed by atoms with Crippen LogP contribution in [0.5, 0.6) is 0 Å². The highest BCUT2D eigenvalue weighted by molar-refractivity contribution is 6.18. The van der Waals surface area contributed by atoms with E-state index < -0.39 is 0 Å². The fourth-order valence-corrected chi connectivity index (χ4v) is 2.89. The van der Waals surface area contributed by atoms with Gasteiger partial charge in [-0.3, -0.25) is 0 Å². The van der Waals surface area contributed by atoms with Crippen LogP contribution in [0.4, 0.5) is 0 Å². The summed E-state index contributed by atoms with van der Waals surface area (Å²) in [5.74, 6) is 0.654. The fraction of sp³-hybridized carbons (Fsp3) is 0.600. The topological polar surface area (TPSA) is 21.3 Å². The maximum atomic E-state index is 6.16. The van der Waals surface area contributed by atoms with Crippen LogP contribution in [0.25, 0.3) is 0 Å². The Morgan fingerprint density at radius 3 is 2.39 bits per heavy atom. The number of halogens is 1.